The first-order valence-electron chi connectivity index (χ1n) is 6.46. The smallest absolute Gasteiger partial charge is 0.335 e. The van der Waals surface area contributed by atoms with Crippen LogP contribution >= 0.6 is 0 Å². The molecule has 1 heterocycles. The molecule has 0 aromatic heterocycles. The second-order valence-electron chi connectivity index (χ2n) is 5.53. The van der Waals surface area contributed by atoms with E-state index in [4.69, 9.17) is 5.11 Å². The zero-order valence-corrected chi connectivity index (χ0v) is 11.5. The lowest BCUT2D eigenvalue weighted by molar-refractivity contribution is 0.0696. The number of amides is 2. The highest BCUT2D eigenvalue weighted by Crippen LogP contribution is 2.30. The van der Waals surface area contributed by atoms with Gasteiger partial charge < -0.3 is 20.4 Å². The molecule has 2 rings (SSSR count). The van der Waals surface area contributed by atoms with Crippen LogP contribution in [0.4, 0.5) is 10.5 Å². The summed E-state index contributed by atoms with van der Waals surface area (Å²) in [5.41, 5.74) is -0.0227. The Morgan fingerprint density at radius 1 is 1.35 bits per heavy atom. The van der Waals surface area contributed by atoms with Gasteiger partial charge in [-0.15, -0.1) is 0 Å². The number of aromatic carboxylic acids is 1. The van der Waals surface area contributed by atoms with Crippen LogP contribution in [-0.2, 0) is 0 Å². The number of anilines is 1. The Morgan fingerprint density at radius 2 is 2.05 bits per heavy atom. The van der Waals surface area contributed by atoms with Crippen LogP contribution in [0.1, 0.15) is 37.0 Å². The summed E-state index contributed by atoms with van der Waals surface area (Å²) in [6.45, 7) is 4.66. The third-order valence-corrected chi connectivity index (χ3v) is 3.63. The number of rotatable bonds is 2. The Kier molecular flexibility index (Phi) is 3.57. The molecule has 20 heavy (non-hydrogen) atoms. The topological polar surface area (TPSA) is 89.9 Å². The molecule has 1 aliphatic rings. The normalized spacial score (nSPS) is 17.0. The summed E-state index contributed by atoms with van der Waals surface area (Å²) in [5, 5.41) is 21.2. The fourth-order valence-electron chi connectivity index (χ4n) is 2.44. The summed E-state index contributed by atoms with van der Waals surface area (Å²) < 4.78 is 0. The van der Waals surface area contributed by atoms with Gasteiger partial charge >= 0.3 is 12.0 Å². The van der Waals surface area contributed by atoms with Crippen LogP contribution in [0.3, 0.4) is 0 Å². The van der Waals surface area contributed by atoms with Crippen LogP contribution in [0.5, 0.6) is 5.75 Å². The molecule has 108 valence electrons. The van der Waals surface area contributed by atoms with Gasteiger partial charge in [0, 0.05) is 12.1 Å². The number of nitrogens with zero attached hydrogens (tertiary/aromatic N) is 1. The minimum Gasteiger partial charge on any atom is -0.506 e. The van der Waals surface area contributed by atoms with Crippen LogP contribution in [0.2, 0.25) is 0 Å². The fourth-order valence-corrected chi connectivity index (χ4v) is 2.44. The van der Waals surface area contributed by atoms with Gasteiger partial charge in [-0.05, 0) is 44.9 Å². The summed E-state index contributed by atoms with van der Waals surface area (Å²) in [4.78, 5) is 24.7. The van der Waals surface area contributed by atoms with Crippen molar-refractivity contribution in [3.63, 3.8) is 0 Å². The van der Waals surface area contributed by atoms with Crippen molar-refractivity contribution < 1.29 is 19.8 Å². The average Bonchev–Trinajstić information content (AvgIpc) is 2.71. The number of nitrogens with one attached hydrogen (secondary N) is 1. The minimum absolute atomic E-state index is 0.0259. The van der Waals surface area contributed by atoms with Gasteiger partial charge in [0.05, 0.1) is 11.3 Å². The second-order valence-corrected chi connectivity index (χ2v) is 5.53. The molecule has 1 aliphatic heterocycles. The van der Waals surface area contributed by atoms with E-state index in [0.29, 0.717) is 6.54 Å². The van der Waals surface area contributed by atoms with E-state index in [1.807, 2.05) is 13.8 Å². The maximum atomic E-state index is 12.2. The van der Waals surface area contributed by atoms with E-state index in [0.717, 1.165) is 18.9 Å². The predicted molar refractivity (Wildman–Crippen MR) is 74.1 cm³/mol. The molecule has 1 saturated heterocycles. The number of urea groups is 1. The van der Waals surface area contributed by atoms with Crippen molar-refractivity contribution >= 4 is 17.7 Å². The van der Waals surface area contributed by atoms with E-state index in [2.05, 4.69) is 5.32 Å². The second kappa shape index (κ2) is 5.03. The van der Waals surface area contributed by atoms with Gasteiger partial charge in [0.2, 0.25) is 0 Å². The monoisotopic (exact) mass is 278 g/mol. The Bertz CT molecular complexity index is 554. The quantitative estimate of drug-likeness (QED) is 0.725. The highest BCUT2D eigenvalue weighted by atomic mass is 16.4. The molecule has 3 N–H and O–H groups in total. The highest BCUT2D eigenvalue weighted by Gasteiger charge is 2.35. The number of hydrogen-bond donors (Lipinski definition) is 3. The summed E-state index contributed by atoms with van der Waals surface area (Å²) in [5.74, 6) is -1.38. The van der Waals surface area contributed by atoms with Crippen LogP contribution in [-0.4, -0.2) is 39.2 Å². The molecule has 2 amide bonds. The van der Waals surface area contributed by atoms with Crippen molar-refractivity contribution in [2.45, 2.75) is 32.2 Å². The Balaban J connectivity index is 2.14. The number of phenols is 1. The number of carbonyl (C=O) groups is 2. The van der Waals surface area contributed by atoms with Crippen molar-refractivity contribution in [2.24, 2.45) is 0 Å². The lowest BCUT2D eigenvalue weighted by Gasteiger charge is -2.31. The molecule has 6 nitrogen and oxygen atoms in total. The Hall–Kier alpha value is -2.24. The lowest BCUT2D eigenvalue weighted by Crippen LogP contribution is -2.44. The van der Waals surface area contributed by atoms with Crippen molar-refractivity contribution in [1.82, 2.24) is 4.90 Å². The average molecular weight is 278 g/mol. The number of carboxylic acid groups (broad SMARTS) is 1. The van der Waals surface area contributed by atoms with Crippen molar-refractivity contribution in [3.05, 3.63) is 23.8 Å². The summed E-state index contributed by atoms with van der Waals surface area (Å²) in [6, 6.07) is 3.56. The van der Waals surface area contributed by atoms with Crippen molar-refractivity contribution in [2.75, 3.05) is 11.9 Å². The molecular weight excluding hydrogens is 260 g/mol. The zero-order chi connectivity index (χ0) is 14.9. The zero-order valence-electron chi connectivity index (χ0n) is 11.5. The fraction of sp³-hybridized carbons (Fsp3) is 0.429. The standard InChI is InChI=1S/C14H18N2O4/c1-14(2)6-3-7-16(14)13(20)15-10-5-4-9(12(18)19)8-11(10)17/h4-5,8,17H,3,6-7H2,1-2H3,(H,15,20)(H,18,19). The van der Waals surface area contributed by atoms with Crippen LogP contribution in [0, 0.1) is 0 Å². The van der Waals surface area contributed by atoms with Gasteiger partial charge in [0.25, 0.3) is 0 Å². The van der Waals surface area contributed by atoms with Gasteiger partial charge in [0.15, 0.2) is 0 Å². The number of carboxylic acids is 1. The van der Waals surface area contributed by atoms with Gasteiger partial charge in [0.1, 0.15) is 5.75 Å². The number of aromatic hydroxyl groups is 1. The first kappa shape index (κ1) is 14.2. The molecular formula is C14H18N2O4. The number of carbonyl (C=O) groups excluding carboxylic acids is 1. The van der Waals surface area contributed by atoms with Gasteiger partial charge in [-0.25, -0.2) is 9.59 Å². The van der Waals surface area contributed by atoms with Gasteiger partial charge in [-0.3, -0.25) is 0 Å². The van der Waals surface area contributed by atoms with Crippen LogP contribution < -0.4 is 5.32 Å². The molecule has 0 spiro atoms. The number of hydrogen-bond acceptors (Lipinski definition) is 3. The van der Waals surface area contributed by atoms with Crippen molar-refractivity contribution in [3.8, 4) is 5.75 Å². The first-order chi connectivity index (χ1) is 9.31. The third-order valence-electron chi connectivity index (χ3n) is 3.63. The number of phenolic OH excluding ortho intramolecular Hbond substituents is 1. The molecule has 0 saturated carbocycles. The van der Waals surface area contributed by atoms with Crippen molar-refractivity contribution in [1.29, 1.82) is 0 Å². The molecule has 1 aromatic rings. The Labute approximate surface area is 117 Å². The van der Waals surface area contributed by atoms with E-state index in [9.17, 15) is 14.7 Å². The lowest BCUT2D eigenvalue weighted by atomic mass is 10.0. The van der Waals surface area contributed by atoms with E-state index in [-0.39, 0.29) is 28.6 Å². The molecule has 0 radical (unpaired) electrons. The molecule has 1 aromatic carbocycles. The number of likely N-dealkylation sites (tertiary alicyclic amines) is 1. The third kappa shape index (κ3) is 2.68. The van der Waals surface area contributed by atoms with Gasteiger partial charge in [-0.1, -0.05) is 0 Å². The maximum absolute atomic E-state index is 12.2. The molecule has 6 heteroatoms. The molecule has 1 fully saturated rings. The highest BCUT2D eigenvalue weighted by molar-refractivity contribution is 5.94. The first-order valence-corrected chi connectivity index (χ1v) is 6.46. The molecule has 0 aliphatic carbocycles. The van der Waals surface area contributed by atoms with Gasteiger partial charge in [-0.2, -0.15) is 0 Å². The van der Waals surface area contributed by atoms with E-state index in [1.54, 1.807) is 4.90 Å². The minimum atomic E-state index is -1.13. The number of benzene rings is 1. The molecule has 0 bridgehead atoms. The summed E-state index contributed by atoms with van der Waals surface area (Å²) >= 11 is 0. The predicted octanol–water partition coefficient (Wildman–Crippen LogP) is 2.50. The summed E-state index contributed by atoms with van der Waals surface area (Å²) in [7, 11) is 0. The summed E-state index contributed by atoms with van der Waals surface area (Å²) in [6.07, 6.45) is 1.88. The van der Waals surface area contributed by atoms with E-state index in [1.165, 1.54) is 12.1 Å². The van der Waals surface area contributed by atoms with E-state index >= 15 is 0 Å². The SMILES string of the molecule is CC1(C)CCCN1C(=O)Nc1ccc(C(=O)O)cc1O. The van der Waals surface area contributed by atoms with Crippen LogP contribution in [0.15, 0.2) is 18.2 Å². The van der Waals surface area contributed by atoms with Crippen LogP contribution in [0.25, 0.3) is 0 Å². The van der Waals surface area contributed by atoms with E-state index < -0.39 is 5.97 Å². The largest absolute Gasteiger partial charge is 0.506 e. The molecule has 0 atom stereocenters. The maximum Gasteiger partial charge on any atom is 0.335 e. The molecule has 0 unspecified atom stereocenters. The Morgan fingerprint density at radius 3 is 2.55 bits per heavy atom.